The third kappa shape index (κ3) is 10.7. The van der Waals surface area contributed by atoms with E-state index in [4.69, 9.17) is 9.47 Å². The van der Waals surface area contributed by atoms with Gasteiger partial charge in [0.1, 0.15) is 12.5 Å². The largest absolute Gasteiger partial charge is 2.00 e. The van der Waals surface area contributed by atoms with E-state index in [0.29, 0.717) is 26.3 Å². The van der Waals surface area contributed by atoms with Gasteiger partial charge in [-0.3, -0.25) is 10.6 Å². The van der Waals surface area contributed by atoms with E-state index in [9.17, 15) is 10.2 Å². The number of aliphatic hydroxyl groups is 2. The third-order valence-corrected chi connectivity index (χ3v) is 4.17. The van der Waals surface area contributed by atoms with Gasteiger partial charge in [-0.2, -0.15) is 13.1 Å². The molecule has 0 saturated carbocycles. The van der Waals surface area contributed by atoms with Gasteiger partial charge in [-0.05, 0) is 25.0 Å². The topological polar surface area (TPSA) is 111 Å². The van der Waals surface area contributed by atoms with Crippen LogP contribution in [0.2, 0.25) is 0 Å². The van der Waals surface area contributed by atoms with Gasteiger partial charge in [-0.1, -0.05) is 60.7 Å². The van der Waals surface area contributed by atoms with Crippen LogP contribution in [0.4, 0.5) is 0 Å². The van der Waals surface area contributed by atoms with Gasteiger partial charge in [0.25, 0.3) is 0 Å². The molecule has 0 bridgehead atoms. The summed E-state index contributed by atoms with van der Waals surface area (Å²) in [5, 5.41) is 35.3. The van der Waals surface area contributed by atoms with Crippen LogP contribution >= 0.6 is 0 Å². The molecular formula is C22H32N4NiO4. The summed E-state index contributed by atoms with van der Waals surface area (Å²) in [6.07, 6.45) is -3.09. The van der Waals surface area contributed by atoms with Gasteiger partial charge in [0.05, 0.1) is 0 Å². The molecule has 4 unspecified atom stereocenters. The van der Waals surface area contributed by atoms with Crippen molar-refractivity contribution in [3.05, 3.63) is 82.4 Å². The Labute approximate surface area is 194 Å². The molecule has 0 amide bonds. The molecule has 0 radical (unpaired) electrons. The van der Waals surface area contributed by atoms with E-state index in [-0.39, 0.29) is 16.5 Å². The van der Waals surface area contributed by atoms with Gasteiger partial charge >= 0.3 is 16.5 Å². The van der Waals surface area contributed by atoms with E-state index in [1.54, 1.807) is 0 Å². The quantitative estimate of drug-likeness (QED) is 0.179. The van der Waals surface area contributed by atoms with Crippen molar-refractivity contribution >= 4 is 0 Å². The van der Waals surface area contributed by atoms with Crippen LogP contribution in [-0.2, 0) is 26.0 Å². The number of nitrogens with zero attached hydrogens (tertiary/aromatic N) is 2. The number of hydrogen-bond acceptors (Lipinski definition) is 6. The molecule has 0 saturated heterocycles. The normalized spacial score (nSPS) is 15.0. The molecule has 0 heterocycles. The van der Waals surface area contributed by atoms with E-state index < -0.39 is 25.2 Å². The Morgan fingerprint density at radius 1 is 0.710 bits per heavy atom. The molecule has 0 spiro atoms. The SMILES string of the molecule is CCOC([N-]CC[N-]C(NC(O)c1ccccc1)OCC)NC(O)c1ccccc1.[Ni+2]. The first-order chi connectivity index (χ1) is 14.6. The standard InChI is InChI=1S/C22H32N4O4.Ni/c1-3-29-21(25-19(27)17-11-7-5-8-12-17)23-15-16-24-22(30-4-2)26-20(28)18-13-9-6-10-14-18;/h5-14,19-22,25-28H,3-4,15-16H2,1-2H3;/q-2;+2. The average Bonchev–Trinajstić information content (AvgIpc) is 2.78. The Morgan fingerprint density at radius 2 is 1.06 bits per heavy atom. The first-order valence-corrected chi connectivity index (χ1v) is 10.2. The zero-order valence-corrected chi connectivity index (χ0v) is 18.8. The number of nitrogens with one attached hydrogen (secondary N) is 2. The van der Waals surface area contributed by atoms with Crippen LogP contribution in [-0.4, -0.2) is 49.2 Å². The van der Waals surface area contributed by atoms with Crippen LogP contribution in [0.25, 0.3) is 10.6 Å². The Kier molecular flexibility index (Phi) is 14.5. The number of aliphatic hydroxyl groups excluding tert-OH is 2. The maximum Gasteiger partial charge on any atom is 2.00 e. The third-order valence-electron chi connectivity index (χ3n) is 4.17. The van der Waals surface area contributed by atoms with Crippen LogP contribution < -0.4 is 10.6 Å². The molecule has 0 aliphatic rings. The first-order valence-electron chi connectivity index (χ1n) is 10.2. The average molecular weight is 475 g/mol. The predicted molar refractivity (Wildman–Crippen MR) is 116 cm³/mol. The monoisotopic (exact) mass is 474 g/mol. The minimum atomic E-state index is -0.887. The summed E-state index contributed by atoms with van der Waals surface area (Å²) in [6, 6.07) is 18.5. The molecule has 9 heteroatoms. The van der Waals surface area contributed by atoms with Crippen molar-refractivity contribution in [3.63, 3.8) is 0 Å². The summed E-state index contributed by atoms with van der Waals surface area (Å²) in [7, 11) is 0. The van der Waals surface area contributed by atoms with Gasteiger partial charge < -0.3 is 30.3 Å². The number of benzene rings is 2. The molecule has 174 valence electrons. The van der Waals surface area contributed by atoms with Crippen molar-refractivity contribution in [1.29, 1.82) is 0 Å². The minimum Gasteiger partial charge on any atom is -0.625 e. The molecule has 2 rings (SSSR count). The predicted octanol–water partition coefficient (Wildman–Crippen LogP) is 2.93. The molecule has 0 fully saturated rings. The molecule has 2 aromatic carbocycles. The molecule has 0 aliphatic heterocycles. The molecule has 8 nitrogen and oxygen atoms in total. The molecule has 0 aromatic heterocycles. The molecule has 2 aromatic rings. The van der Waals surface area contributed by atoms with E-state index in [1.165, 1.54) is 0 Å². The fourth-order valence-electron chi connectivity index (χ4n) is 2.71. The van der Waals surface area contributed by atoms with Crippen molar-refractivity contribution in [2.24, 2.45) is 0 Å². The number of ether oxygens (including phenoxy) is 2. The maximum atomic E-state index is 10.3. The summed E-state index contributed by atoms with van der Waals surface area (Å²) in [4.78, 5) is 0. The van der Waals surface area contributed by atoms with Crippen LogP contribution in [0.5, 0.6) is 0 Å². The van der Waals surface area contributed by atoms with E-state index in [2.05, 4.69) is 21.3 Å². The van der Waals surface area contributed by atoms with Crippen molar-refractivity contribution in [1.82, 2.24) is 10.6 Å². The summed E-state index contributed by atoms with van der Waals surface area (Å²) in [5.41, 5.74) is 1.47. The molecule has 4 N–H and O–H groups in total. The smallest absolute Gasteiger partial charge is 0.625 e. The number of rotatable bonds is 15. The maximum absolute atomic E-state index is 10.3. The Balaban J connectivity index is 0.00000480. The Hall–Kier alpha value is -1.39. The van der Waals surface area contributed by atoms with Crippen LogP contribution in [0.1, 0.15) is 37.4 Å². The fraction of sp³-hybridized carbons (Fsp3) is 0.455. The zero-order valence-electron chi connectivity index (χ0n) is 17.8. The van der Waals surface area contributed by atoms with Gasteiger partial charge in [0.2, 0.25) is 0 Å². The van der Waals surface area contributed by atoms with Gasteiger partial charge in [-0.15, -0.1) is 0 Å². The molecule has 31 heavy (non-hydrogen) atoms. The van der Waals surface area contributed by atoms with E-state index >= 15 is 0 Å². The second-order valence-electron chi connectivity index (χ2n) is 6.39. The van der Waals surface area contributed by atoms with Crippen molar-refractivity contribution in [3.8, 4) is 0 Å². The zero-order chi connectivity index (χ0) is 21.6. The van der Waals surface area contributed by atoms with Gasteiger partial charge in [0, 0.05) is 25.9 Å². The number of hydrogen-bond donors (Lipinski definition) is 4. The van der Waals surface area contributed by atoms with Gasteiger partial charge in [0.15, 0.2) is 0 Å². The summed E-state index contributed by atoms with van der Waals surface area (Å²) >= 11 is 0. The fourth-order valence-corrected chi connectivity index (χ4v) is 2.71. The molecule has 0 aliphatic carbocycles. The van der Waals surface area contributed by atoms with Crippen molar-refractivity contribution < 1.29 is 36.2 Å². The Morgan fingerprint density at radius 3 is 1.39 bits per heavy atom. The minimum absolute atomic E-state index is 0. The van der Waals surface area contributed by atoms with Crippen molar-refractivity contribution in [2.75, 3.05) is 26.3 Å². The molecular weight excluding hydrogens is 443 g/mol. The van der Waals surface area contributed by atoms with Crippen molar-refractivity contribution in [2.45, 2.75) is 39.0 Å². The summed E-state index contributed by atoms with van der Waals surface area (Å²) in [6.45, 7) is 5.36. The summed E-state index contributed by atoms with van der Waals surface area (Å²) in [5.74, 6) is 0. The summed E-state index contributed by atoms with van der Waals surface area (Å²) < 4.78 is 11.1. The van der Waals surface area contributed by atoms with Gasteiger partial charge in [-0.25, -0.2) is 0 Å². The second kappa shape index (κ2) is 16.3. The van der Waals surface area contributed by atoms with Crippen LogP contribution in [0.3, 0.4) is 0 Å². The van der Waals surface area contributed by atoms with Crippen LogP contribution in [0.15, 0.2) is 60.7 Å². The Bertz CT molecular complexity index is 624. The second-order valence-corrected chi connectivity index (χ2v) is 6.39. The van der Waals surface area contributed by atoms with E-state index in [0.717, 1.165) is 11.1 Å². The van der Waals surface area contributed by atoms with E-state index in [1.807, 2.05) is 74.5 Å². The first kappa shape index (κ1) is 27.6. The van der Waals surface area contributed by atoms with Crippen LogP contribution in [0, 0.1) is 0 Å². The molecule has 4 atom stereocenters.